The molecule has 4 aliphatic heterocycles. The summed E-state index contributed by atoms with van der Waals surface area (Å²) in [5.74, 6) is -0.959. The molecule has 4 heterocycles. The van der Waals surface area contributed by atoms with Crippen LogP contribution in [0.5, 0.6) is 0 Å². The molecule has 5 rings (SSSR count). The molecule has 4 aliphatic rings. The SMILES string of the molecule is C/C(=C\C(=O)OC(C)(C)C)[C@@](C)(O)[C@H](O)[C@H]1O[C@H]1[C@@H]1CC[C@H]2O[C@@]3(CC[C@]2(C)O1)O[C@@H](COCc1ccccc1)C[C@@H]3C. The van der Waals surface area contributed by atoms with Crippen molar-refractivity contribution in [2.75, 3.05) is 6.61 Å². The number of rotatable bonds is 9. The number of fused-ring (bicyclic) bond motifs is 1. The number of aliphatic hydroxyl groups is 2. The molecule has 0 bridgehead atoms. The Labute approximate surface area is 255 Å². The van der Waals surface area contributed by atoms with Crippen molar-refractivity contribution >= 4 is 5.97 Å². The van der Waals surface area contributed by atoms with Crippen molar-refractivity contribution in [2.45, 2.75) is 146 Å². The summed E-state index contributed by atoms with van der Waals surface area (Å²) >= 11 is 0. The van der Waals surface area contributed by atoms with E-state index in [0.29, 0.717) is 25.2 Å². The number of benzene rings is 1. The van der Waals surface area contributed by atoms with Crippen LogP contribution < -0.4 is 0 Å². The van der Waals surface area contributed by atoms with E-state index in [0.717, 1.165) is 31.2 Å². The van der Waals surface area contributed by atoms with Crippen molar-refractivity contribution in [1.29, 1.82) is 0 Å². The van der Waals surface area contributed by atoms with Crippen LogP contribution in [0.1, 0.15) is 86.1 Å². The molecule has 0 aromatic heterocycles. The standard InChI is InChI=1S/C34H50O9/c1-21(18-27(35)43-31(3,4)5)33(7,37)30(36)29-28(39-29)25-13-14-26-32(6,41-25)15-16-34(42-26)22(2)17-24(40-34)20-38-19-23-11-9-8-10-12-23/h8-12,18,22,24-26,28-30,36-37H,13-17,19-20H2,1-7H3/b21-18+/t22-,24+,25-,26+,28-,29-,30+,32-,33+,34+/m0/s1. The zero-order chi connectivity index (χ0) is 31.2. The lowest BCUT2D eigenvalue weighted by Gasteiger charge is -2.53. The average molecular weight is 603 g/mol. The van der Waals surface area contributed by atoms with Gasteiger partial charge in [0.25, 0.3) is 0 Å². The third-order valence-electron chi connectivity index (χ3n) is 9.63. The van der Waals surface area contributed by atoms with Gasteiger partial charge in [0.05, 0.1) is 37.1 Å². The summed E-state index contributed by atoms with van der Waals surface area (Å²) in [5, 5.41) is 22.2. The minimum Gasteiger partial charge on any atom is -0.457 e. The minimum atomic E-state index is -1.67. The quantitative estimate of drug-likeness (QED) is 0.238. The van der Waals surface area contributed by atoms with Crippen LogP contribution in [-0.2, 0) is 39.8 Å². The monoisotopic (exact) mass is 602 g/mol. The highest BCUT2D eigenvalue weighted by Crippen LogP contribution is 2.52. The van der Waals surface area contributed by atoms with Gasteiger partial charge >= 0.3 is 5.97 Å². The second-order valence-electron chi connectivity index (χ2n) is 14.4. The Balaban J connectivity index is 1.13. The van der Waals surface area contributed by atoms with Crippen molar-refractivity contribution < 1.29 is 43.4 Å². The highest BCUT2D eigenvalue weighted by Gasteiger charge is 2.61. The molecule has 4 fully saturated rings. The van der Waals surface area contributed by atoms with Gasteiger partial charge in [-0.15, -0.1) is 0 Å². The van der Waals surface area contributed by atoms with Gasteiger partial charge in [0.1, 0.15) is 29.5 Å². The first kappa shape index (κ1) is 32.5. The van der Waals surface area contributed by atoms with Gasteiger partial charge in [-0.3, -0.25) is 0 Å². The van der Waals surface area contributed by atoms with Gasteiger partial charge in [0.2, 0.25) is 0 Å². The van der Waals surface area contributed by atoms with Gasteiger partial charge in [0, 0.05) is 18.4 Å². The smallest absolute Gasteiger partial charge is 0.331 e. The molecule has 9 nitrogen and oxygen atoms in total. The molecule has 0 saturated carbocycles. The molecule has 1 aromatic carbocycles. The number of ether oxygens (including phenoxy) is 6. The third kappa shape index (κ3) is 7.19. The maximum absolute atomic E-state index is 12.3. The Morgan fingerprint density at radius 1 is 1.12 bits per heavy atom. The summed E-state index contributed by atoms with van der Waals surface area (Å²) in [6.07, 6.45) is 2.57. The molecule has 1 spiro atoms. The van der Waals surface area contributed by atoms with E-state index in [1.54, 1.807) is 27.7 Å². The van der Waals surface area contributed by atoms with E-state index in [9.17, 15) is 15.0 Å². The Kier molecular flexibility index (Phi) is 9.20. The average Bonchev–Trinajstić information content (AvgIpc) is 3.66. The third-order valence-corrected chi connectivity index (χ3v) is 9.63. The van der Waals surface area contributed by atoms with Crippen LogP contribution in [0, 0.1) is 5.92 Å². The largest absolute Gasteiger partial charge is 0.457 e. The second kappa shape index (κ2) is 12.2. The van der Waals surface area contributed by atoms with Crippen LogP contribution in [0.25, 0.3) is 0 Å². The van der Waals surface area contributed by atoms with E-state index < -0.39 is 40.8 Å². The van der Waals surface area contributed by atoms with Gasteiger partial charge in [-0.05, 0) is 78.4 Å². The molecule has 2 N–H and O–H groups in total. The molecule has 1 aromatic rings. The number of carbonyl (C=O) groups excluding carboxylic acids is 1. The Bertz CT molecular complexity index is 1160. The molecule has 0 amide bonds. The Morgan fingerprint density at radius 3 is 2.53 bits per heavy atom. The minimum absolute atomic E-state index is 0.0111. The van der Waals surface area contributed by atoms with Gasteiger partial charge in [-0.25, -0.2) is 4.79 Å². The van der Waals surface area contributed by atoms with Crippen molar-refractivity contribution in [1.82, 2.24) is 0 Å². The van der Waals surface area contributed by atoms with E-state index in [4.69, 9.17) is 28.4 Å². The molecule has 0 unspecified atom stereocenters. The van der Waals surface area contributed by atoms with E-state index in [2.05, 4.69) is 26.0 Å². The molecule has 0 aliphatic carbocycles. The predicted molar refractivity (Wildman–Crippen MR) is 159 cm³/mol. The zero-order valence-electron chi connectivity index (χ0n) is 26.7. The lowest BCUT2D eigenvalue weighted by atomic mass is 9.78. The highest BCUT2D eigenvalue weighted by atomic mass is 16.7. The number of hydrogen-bond acceptors (Lipinski definition) is 9. The van der Waals surface area contributed by atoms with Crippen LogP contribution in [0.2, 0.25) is 0 Å². The molecule has 4 saturated heterocycles. The number of esters is 1. The summed E-state index contributed by atoms with van der Waals surface area (Å²) in [7, 11) is 0. The Hall–Kier alpha value is -1.85. The lowest BCUT2D eigenvalue weighted by molar-refractivity contribution is -0.345. The van der Waals surface area contributed by atoms with E-state index >= 15 is 0 Å². The van der Waals surface area contributed by atoms with Crippen LogP contribution >= 0.6 is 0 Å². The number of aliphatic hydroxyl groups excluding tert-OH is 1. The zero-order valence-corrected chi connectivity index (χ0v) is 26.7. The van der Waals surface area contributed by atoms with Crippen LogP contribution in [0.3, 0.4) is 0 Å². The fourth-order valence-corrected chi connectivity index (χ4v) is 6.81. The first-order valence-corrected chi connectivity index (χ1v) is 15.7. The predicted octanol–water partition coefficient (Wildman–Crippen LogP) is 4.61. The highest BCUT2D eigenvalue weighted by molar-refractivity contribution is 5.83. The summed E-state index contributed by atoms with van der Waals surface area (Å²) < 4.78 is 37.2. The van der Waals surface area contributed by atoms with Crippen LogP contribution in [-0.4, -0.2) is 82.0 Å². The fourth-order valence-electron chi connectivity index (χ4n) is 6.81. The van der Waals surface area contributed by atoms with Gasteiger partial charge in [-0.2, -0.15) is 0 Å². The summed E-state index contributed by atoms with van der Waals surface area (Å²) in [6, 6.07) is 10.1. The number of carbonyl (C=O) groups is 1. The summed E-state index contributed by atoms with van der Waals surface area (Å²) in [6.45, 7) is 13.8. The molecule has 43 heavy (non-hydrogen) atoms. The van der Waals surface area contributed by atoms with Gasteiger partial charge < -0.3 is 38.6 Å². The van der Waals surface area contributed by atoms with E-state index in [1.165, 1.54) is 13.0 Å². The molecule has 240 valence electrons. The van der Waals surface area contributed by atoms with Crippen molar-refractivity contribution in [3.8, 4) is 0 Å². The van der Waals surface area contributed by atoms with Crippen molar-refractivity contribution in [2.24, 2.45) is 5.92 Å². The Morgan fingerprint density at radius 2 is 1.84 bits per heavy atom. The van der Waals surface area contributed by atoms with Crippen molar-refractivity contribution in [3.05, 3.63) is 47.5 Å². The number of hydrogen-bond donors (Lipinski definition) is 2. The first-order valence-electron chi connectivity index (χ1n) is 15.7. The van der Waals surface area contributed by atoms with E-state index in [-0.39, 0.29) is 30.3 Å². The lowest BCUT2D eigenvalue weighted by Crippen LogP contribution is -2.60. The second-order valence-corrected chi connectivity index (χ2v) is 14.4. The van der Waals surface area contributed by atoms with Gasteiger partial charge in [-0.1, -0.05) is 37.3 Å². The summed E-state index contributed by atoms with van der Waals surface area (Å²) in [4.78, 5) is 12.3. The summed E-state index contributed by atoms with van der Waals surface area (Å²) in [5.41, 5.74) is -1.38. The molecular weight excluding hydrogens is 552 g/mol. The number of epoxide rings is 1. The van der Waals surface area contributed by atoms with E-state index in [1.807, 2.05) is 18.2 Å². The first-order chi connectivity index (χ1) is 20.1. The maximum atomic E-state index is 12.3. The molecule has 9 heteroatoms. The van der Waals surface area contributed by atoms with Crippen molar-refractivity contribution in [3.63, 3.8) is 0 Å². The molecular formula is C34H50O9. The normalized spacial score (nSPS) is 38.3. The maximum Gasteiger partial charge on any atom is 0.331 e. The fraction of sp³-hybridized carbons (Fsp3) is 0.735. The van der Waals surface area contributed by atoms with Crippen LogP contribution in [0.15, 0.2) is 42.0 Å². The topological polar surface area (TPSA) is 116 Å². The van der Waals surface area contributed by atoms with Gasteiger partial charge in [0.15, 0.2) is 5.79 Å². The molecule has 10 atom stereocenters. The molecule has 0 radical (unpaired) electrons. The van der Waals surface area contributed by atoms with Crippen LogP contribution in [0.4, 0.5) is 0 Å².